The zero-order valence-corrected chi connectivity index (χ0v) is 16.5. The van der Waals surface area contributed by atoms with E-state index in [1.165, 1.54) is 0 Å². The predicted molar refractivity (Wildman–Crippen MR) is 108 cm³/mol. The van der Waals surface area contributed by atoms with Crippen molar-refractivity contribution >= 4 is 17.8 Å². The Morgan fingerprint density at radius 2 is 1.68 bits per heavy atom. The smallest absolute Gasteiger partial charge is 0.225 e. The van der Waals surface area contributed by atoms with Crippen LogP contribution in [0.3, 0.4) is 0 Å². The zero-order chi connectivity index (χ0) is 19.9. The molecule has 3 rings (SSSR count). The van der Waals surface area contributed by atoms with Crippen LogP contribution in [0.1, 0.15) is 31.9 Å². The lowest BCUT2D eigenvalue weighted by atomic mass is 10.1. The van der Waals surface area contributed by atoms with Crippen molar-refractivity contribution in [3.05, 3.63) is 54.4 Å². The molecule has 7 nitrogen and oxygen atoms in total. The maximum absolute atomic E-state index is 12.7. The van der Waals surface area contributed by atoms with Crippen molar-refractivity contribution in [2.45, 2.75) is 26.3 Å². The van der Waals surface area contributed by atoms with Gasteiger partial charge in [-0.05, 0) is 18.6 Å². The third kappa shape index (κ3) is 4.85. The molecule has 2 heterocycles. The molecule has 1 aromatic heterocycles. The molecule has 0 spiro atoms. The number of amides is 2. The Labute approximate surface area is 166 Å². The molecule has 1 saturated heterocycles. The molecule has 148 valence electrons. The average Bonchev–Trinajstić information content (AvgIpc) is 2.74. The molecule has 7 heteroatoms. The van der Waals surface area contributed by atoms with Crippen LogP contribution in [0.5, 0.6) is 0 Å². The molecule has 0 radical (unpaired) electrons. The van der Waals surface area contributed by atoms with Crippen molar-refractivity contribution < 1.29 is 9.59 Å². The Morgan fingerprint density at radius 3 is 2.29 bits per heavy atom. The van der Waals surface area contributed by atoms with E-state index < -0.39 is 0 Å². The first-order valence-corrected chi connectivity index (χ1v) is 9.68. The quantitative estimate of drug-likeness (QED) is 0.767. The Kier molecular flexibility index (Phi) is 6.57. The normalized spacial score (nSPS) is 15.2. The molecule has 0 N–H and O–H groups in total. The highest BCUT2D eigenvalue weighted by Crippen LogP contribution is 2.20. The Bertz CT molecular complexity index is 776. The van der Waals surface area contributed by atoms with Crippen molar-refractivity contribution in [2.75, 3.05) is 37.6 Å². The molecule has 1 fully saturated rings. The SMILES string of the molecule is CC(=O)N(CCC(=O)N1CCN(c2ncccn2)CC1)C(C)c1ccccc1. The van der Waals surface area contributed by atoms with Crippen LogP contribution in [0.25, 0.3) is 0 Å². The summed E-state index contributed by atoms with van der Waals surface area (Å²) < 4.78 is 0. The lowest BCUT2D eigenvalue weighted by molar-refractivity contribution is -0.134. The van der Waals surface area contributed by atoms with Crippen LogP contribution in [-0.2, 0) is 9.59 Å². The minimum absolute atomic E-state index is 0.0183. The summed E-state index contributed by atoms with van der Waals surface area (Å²) in [5, 5.41) is 0. The number of carbonyl (C=O) groups excluding carboxylic acids is 2. The standard InChI is InChI=1S/C21H27N5O2/c1-17(19-7-4-3-5-8-19)26(18(2)27)12-9-20(28)24-13-15-25(16-14-24)21-22-10-6-11-23-21/h3-8,10-11,17H,9,12-16H2,1-2H3. The minimum Gasteiger partial charge on any atom is -0.339 e. The second-order valence-corrected chi connectivity index (χ2v) is 6.97. The number of piperazine rings is 1. The fraction of sp³-hybridized carbons (Fsp3) is 0.429. The van der Waals surface area contributed by atoms with Crippen molar-refractivity contribution in [1.29, 1.82) is 0 Å². The molecule has 28 heavy (non-hydrogen) atoms. The van der Waals surface area contributed by atoms with Crippen LogP contribution in [0.4, 0.5) is 5.95 Å². The van der Waals surface area contributed by atoms with Crippen molar-refractivity contribution in [3.63, 3.8) is 0 Å². The Morgan fingerprint density at radius 1 is 1.04 bits per heavy atom. The summed E-state index contributed by atoms with van der Waals surface area (Å²) in [7, 11) is 0. The number of rotatable bonds is 6. The van der Waals surface area contributed by atoms with E-state index in [1.54, 1.807) is 30.3 Å². The number of anilines is 1. The number of nitrogens with zero attached hydrogens (tertiary/aromatic N) is 5. The first-order valence-electron chi connectivity index (χ1n) is 9.68. The van der Waals surface area contributed by atoms with E-state index in [1.807, 2.05) is 42.2 Å². The van der Waals surface area contributed by atoms with Crippen molar-refractivity contribution in [3.8, 4) is 0 Å². The van der Waals surface area contributed by atoms with Crippen LogP contribution in [0.15, 0.2) is 48.8 Å². The third-order valence-corrected chi connectivity index (χ3v) is 5.19. The van der Waals surface area contributed by atoms with Gasteiger partial charge in [-0.25, -0.2) is 9.97 Å². The first-order chi connectivity index (χ1) is 13.6. The van der Waals surface area contributed by atoms with Gasteiger partial charge in [0.1, 0.15) is 0 Å². The lowest BCUT2D eigenvalue weighted by Gasteiger charge is -2.35. The van der Waals surface area contributed by atoms with Gasteiger partial charge in [-0.2, -0.15) is 0 Å². The summed E-state index contributed by atoms with van der Waals surface area (Å²) in [5.41, 5.74) is 1.07. The molecule has 1 aromatic carbocycles. The molecule has 2 amide bonds. The van der Waals surface area contributed by atoms with Gasteiger partial charge in [0.25, 0.3) is 0 Å². The third-order valence-electron chi connectivity index (χ3n) is 5.19. The Balaban J connectivity index is 1.52. The van der Waals surface area contributed by atoms with E-state index in [0.717, 1.165) is 5.56 Å². The fourth-order valence-electron chi connectivity index (χ4n) is 3.52. The molecule has 0 aliphatic carbocycles. The molecule has 0 bridgehead atoms. The van der Waals surface area contributed by atoms with Gasteiger partial charge in [-0.1, -0.05) is 30.3 Å². The topological polar surface area (TPSA) is 69.6 Å². The fourth-order valence-corrected chi connectivity index (χ4v) is 3.52. The molecule has 2 aromatic rings. The van der Waals surface area contributed by atoms with E-state index in [2.05, 4.69) is 14.9 Å². The summed E-state index contributed by atoms with van der Waals surface area (Å²) in [5.74, 6) is 0.768. The van der Waals surface area contributed by atoms with Crippen molar-refractivity contribution in [2.24, 2.45) is 0 Å². The van der Waals surface area contributed by atoms with Gasteiger partial charge < -0.3 is 14.7 Å². The monoisotopic (exact) mass is 381 g/mol. The summed E-state index contributed by atoms with van der Waals surface area (Å²) in [6.07, 6.45) is 3.78. The second-order valence-electron chi connectivity index (χ2n) is 6.97. The molecule has 1 aliphatic rings. The Hall–Kier alpha value is -2.96. The van der Waals surface area contributed by atoms with E-state index in [0.29, 0.717) is 45.1 Å². The number of benzene rings is 1. The van der Waals surface area contributed by atoms with Crippen LogP contribution in [-0.4, -0.2) is 64.3 Å². The van der Waals surface area contributed by atoms with Crippen LogP contribution in [0.2, 0.25) is 0 Å². The van der Waals surface area contributed by atoms with Gasteiger partial charge in [0.05, 0.1) is 6.04 Å². The van der Waals surface area contributed by atoms with Gasteiger partial charge in [0.15, 0.2) is 0 Å². The lowest BCUT2D eigenvalue weighted by Crippen LogP contribution is -2.49. The number of hydrogen-bond acceptors (Lipinski definition) is 5. The molecular formula is C21H27N5O2. The molecule has 0 saturated carbocycles. The largest absolute Gasteiger partial charge is 0.339 e. The van der Waals surface area contributed by atoms with Gasteiger partial charge in [0.2, 0.25) is 17.8 Å². The zero-order valence-electron chi connectivity index (χ0n) is 16.5. The van der Waals surface area contributed by atoms with Crippen LogP contribution < -0.4 is 4.90 Å². The van der Waals surface area contributed by atoms with Gasteiger partial charge >= 0.3 is 0 Å². The summed E-state index contributed by atoms with van der Waals surface area (Å²) >= 11 is 0. The number of carbonyl (C=O) groups is 2. The number of aromatic nitrogens is 2. The highest BCUT2D eigenvalue weighted by Gasteiger charge is 2.24. The van der Waals surface area contributed by atoms with Crippen molar-refractivity contribution in [1.82, 2.24) is 19.8 Å². The number of hydrogen-bond donors (Lipinski definition) is 0. The molecule has 1 unspecified atom stereocenters. The minimum atomic E-state index is -0.0569. The molecule has 1 atom stereocenters. The molecule has 1 aliphatic heterocycles. The van der Waals surface area contributed by atoms with Crippen LogP contribution in [0, 0.1) is 0 Å². The van der Waals surface area contributed by atoms with Gasteiger partial charge in [-0.15, -0.1) is 0 Å². The first kappa shape index (κ1) is 19.8. The van der Waals surface area contributed by atoms with E-state index in [9.17, 15) is 9.59 Å². The van der Waals surface area contributed by atoms with Gasteiger partial charge in [-0.3, -0.25) is 9.59 Å². The van der Waals surface area contributed by atoms with E-state index in [-0.39, 0.29) is 17.9 Å². The van der Waals surface area contributed by atoms with Crippen LogP contribution >= 0.6 is 0 Å². The van der Waals surface area contributed by atoms with E-state index >= 15 is 0 Å². The molecular weight excluding hydrogens is 354 g/mol. The average molecular weight is 381 g/mol. The van der Waals surface area contributed by atoms with Gasteiger partial charge in [0, 0.05) is 58.5 Å². The van der Waals surface area contributed by atoms with E-state index in [4.69, 9.17) is 0 Å². The maximum Gasteiger partial charge on any atom is 0.225 e. The maximum atomic E-state index is 12.7. The summed E-state index contributed by atoms with van der Waals surface area (Å²) in [6, 6.07) is 11.6. The predicted octanol–water partition coefficient (Wildman–Crippen LogP) is 2.12. The second kappa shape index (κ2) is 9.30. The summed E-state index contributed by atoms with van der Waals surface area (Å²) in [4.78, 5) is 39.0. The summed E-state index contributed by atoms with van der Waals surface area (Å²) in [6.45, 7) is 6.70. The highest BCUT2D eigenvalue weighted by atomic mass is 16.2. The highest BCUT2D eigenvalue weighted by molar-refractivity contribution is 5.78.